The standard InChI is InChI=1S/C14H11ClOS/c1-10-8-14(5-2-11(10)9-16)17-13-6-3-12(15)4-7-13/h2-9H,1H3. The van der Waals surface area contributed by atoms with E-state index in [-0.39, 0.29) is 0 Å². The van der Waals surface area contributed by atoms with Crippen molar-refractivity contribution in [1.82, 2.24) is 0 Å². The van der Waals surface area contributed by atoms with Crippen molar-refractivity contribution in [2.24, 2.45) is 0 Å². The minimum Gasteiger partial charge on any atom is -0.298 e. The van der Waals surface area contributed by atoms with Crippen LogP contribution < -0.4 is 0 Å². The second-order valence-corrected chi connectivity index (χ2v) is 5.28. The molecule has 3 heteroatoms. The van der Waals surface area contributed by atoms with Crippen LogP contribution in [0.1, 0.15) is 15.9 Å². The smallest absolute Gasteiger partial charge is 0.150 e. The van der Waals surface area contributed by atoms with E-state index < -0.39 is 0 Å². The highest BCUT2D eigenvalue weighted by Crippen LogP contribution is 2.29. The second kappa shape index (κ2) is 5.39. The molecular formula is C14H11ClOS. The molecule has 0 unspecified atom stereocenters. The largest absolute Gasteiger partial charge is 0.298 e. The molecule has 17 heavy (non-hydrogen) atoms. The summed E-state index contributed by atoms with van der Waals surface area (Å²) in [7, 11) is 0. The van der Waals surface area contributed by atoms with E-state index in [9.17, 15) is 4.79 Å². The fraction of sp³-hybridized carbons (Fsp3) is 0.0714. The van der Waals surface area contributed by atoms with Crippen molar-refractivity contribution in [3.05, 3.63) is 58.6 Å². The van der Waals surface area contributed by atoms with E-state index in [0.29, 0.717) is 0 Å². The lowest BCUT2D eigenvalue weighted by molar-refractivity contribution is 0.112. The zero-order valence-corrected chi connectivity index (χ0v) is 10.9. The molecule has 2 rings (SSSR count). The number of rotatable bonds is 3. The zero-order valence-electron chi connectivity index (χ0n) is 9.31. The van der Waals surface area contributed by atoms with Crippen molar-refractivity contribution in [2.75, 3.05) is 0 Å². The lowest BCUT2D eigenvalue weighted by Crippen LogP contribution is -1.85. The van der Waals surface area contributed by atoms with Gasteiger partial charge in [-0.2, -0.15) is 0 Å². The van der Waals surface area contributed by atoms with Crippen molar-refractivity contribution in [2.45, 2.75) is 16.7 Å². The van der Waals surface area contributed by atoms with Gasteiger partial charge in [-0.1, -0.05) is 29.4 Å². The molecular weight excluding hydrogens is 252 g/mol. The fourth-order valence-corrected chi connectivity index (χ4v) is 2.52. The van der Waals surface area contributed by atoms with E-state index in [2.05, 4.69) is 0 Å². The Labute approximate surface area is 110 Å². The minimum absolute atomic E-state index is 0.738. The van der Waals surface area contributed by atoms with E-state index in [1.54, 1.807) is 11.8 Å². The number of carbonyl (C=O) groups excluding carboxylic acids is 1. The maximum atomic E-state index is 10.7. The van der Waals surface area contributed by atoms with Crippen LogP contribution in [0.25, 0.3) is 0 Å². The van der Waals surface area contributed by atoms with Gasteiger partial charge in [0.2, 0.25) is 0 Å². The quantitative estimate of drug-likeness (QED) is 0.752. The van der Waals surface area contributed by atoms with Crippen LogP contribution in [0.3, 0.4) is 0 Å². The monoisotopic (exact) mass is 262 g/mol. The number of carbonyl (C=O) groups is 1. The maximum absolute atomic E-state index is 10.7. The highest BCUT2D eigenvalue weighted by Gasteiger charge is 2.01. The third-order valence-corrected chi connectivity index (χ3v) is 3.67. The Morgan fingerprint density at radius 3 is 2.29 bits per heavy atom. The number of aldehydes is 1. The zero-order chi connectivity index (χ0) is 12.3. The van der Waals surface area contributed by atoms with Crippen LogP contribution in [0.2, 0.25) is 5.02 Å². The lowest BCUT2D eigenvalue weighted by atomic mass is 10.1. The molecule has 0 atom stereocenters. The SMILES string of the molecule is Cc1cc(Sc2ccc(Cl)cc2)ccc1C=O. The third kappa shape index (κ3) is 3.11. The van der Waals surface area contributed by atoms with Gasteiger partial charge in [-0.3, -0.25) is 4.79 Å². The molecule has 0 bridgehead atoms. The molecule has 0 aliphatic rings. The molecule has 0 aromatic heterocycles. The number of hydrogen-bond donors (Lipinski definition) is 0. The van der Waals surface area contributed by atoms with Gasteiger partial charge in [0.05, 0.1) is 0 Å². The number of hydrogen-bond acceptors (Lipinski definition) is 2. The molecule has 0 aliphatic heterocycles. The summed E-state index contributed by atoms with van der Waals surface area (Å²) in [5, 5.41) is 0.738. The molecule has 1 nitrogen and oxygen atoms in total. The van der Waals surface area contributed by atoms with Gasteiger partial charge < -0.3 is 0 Å². The van der Waals surface area contributed by atoms with Gasteiger partial charge in [0.15, 0.2) is 0 Å². The van der Waals surface area contributed by atoms with Gasteiger partial charge in [-0.05, 0) is 48.9 Å². The van der Waals surface area contributed by atoms with E-state index in [0.717, 1.165) is 32.2 Å². The highest BCUT2D eigenvalue weighted by atomic mass is 35.5. The molecule has 0 spiro atoms. The van der Waals surface area contributed by atoms with Gasteiger partial charge in [-0.25, -0.2) is 0 Å². The summed E-state index contributed by atoms with van der Waals surface area (Å²) in [6.07, 6.45) is 0.881. The minimum atomic E-state index is 0.738. The van der Waals surface area contributed by atoms with Crippen LogP contribution >= 0.6 is 23.4 Å². The molecule has 0 saturated carbocycles. The van der Waals surface area contributed by atoms with Crippen LogP contribution in [0.15, 0.2) is 52.3 Å². The first-order chi connectivity index (χ1) is 8.19. The maximum Gasteiger partial charge on any atom is 0.150 e. The number of benzene rings is 2. The average Bonchev–Trinajstić information content (AvgIpc) is 2.32. The Morgan fingerprint density at radius 1 is 1.06 bits per heavy atom. The lowest BCUT2D eigenvalue weighted by Gasteiger charge is -2.04. The fourth-order valence-electron chi connectivity index (χ4n) is 1.48. The summed E-state index contributed by atoms with van der Waals surface area (Å²) in [4.78, 5) is 13.0. The van der Waals surface area contributed by atoms with E-state index in [1.165, 1.54) is 0 Å². The molecule has 0 heterocycles. The Hall–Kier alpha value is -1.25. The normalized spacial score (nSPS) is 10.2. The summed E-state index contributed by atoms with van der Waals surface area (Å²) in [5.41, 5.74) is 1.74. The molecule has 0 amide bonds. The third-order valence-electron chi connectivity index (χ3n) is 2.42. The Bertz CT molecular complexity index is 534. The van der Waals surface area contributed by atoms with E-state index in [1.807, 2.05) is 49.4 Å². The van der Waals surface area contributed by atoms with Gasteiger partial charge in [0, 0.05) is 20.4 Å². The van der Waals surface area contributed by atoms with Crippen molar-refractivity contribution < 1.29 is 4.79 Å². The second-order valence-electron chi connectivity index (χ2n) is 3.69. The predicted molar refractivity (Wildman–Crippen MR) is 72.1 cm³/mol. The van der Waals surface area contributed by atoms with Crippen LogP contribution in [0.4, 0.5) is 0 Å². The first-order valence-corrected chi connectivity index (χ1v) is 6.38. The van der Waals surface area contributed by atoms with E-state index >= 15 is 0 Å². The van der Waals surface area contributed by atoms with Crippen LogP contribution in [0, 0.1) is 6.92 Å². The number of aryl methyl sites for hydroxylation is 1. The molecule has 0 radical (unpaired) electrons. The van der Waals surface area contributed by atoms with Crippen LogP contribution in [-0.4, -0.2) is 6.29 Å². The Kier molecular flexibility index (Phi) is 3.87. The molecule has 86 valence electrons. The van der Waals surface area contributed by atoms with Gasteiger partial charge >= 0.3 is 0 Å². The first kappa shape index (κ1) is 12.2. The summed E-state index contributed by atoms with van der Waals surface area (Å²) >= 11 is 7.49. The van der Waals surface area contributed by atoms with Crippen molar-refractivity contribution in [1.29, 1.82) is 0 Å². The summed E-state index contributed by atoms with van der Waals surface area (Å²) < 4.78 is 0. The average molecular weight is 263 g/mol. The topological polar surface area (TPSA) is 17.1 Å². The van der Waals surface area contributed by atoms with E-state index in [4.69, 9.17) is 11.6 Å². The molecule has 2 aromatic carbocycles. The Balaban J connectivity index is 2.21. The van der Waals surface area contributed by atoms with Gasteiger partial charge in [0.1, 0.15) is 6.29 Å². The molecule has 0 saturated heterocycles. The van der Waals surface area contributed by atoms with Crippen molar-refractivity contribution in [3.63, 3.8) is 0 Å². The first-order valence-electron chi connectivity index (χ1n) is 5.18. The van der Waals surface area contributed by atoms with Crippen LogP contribution in [-0.2, 0) is 0 Å². The Morgan fingerprint density at radius 2 is 1.71 bits per heavy atom. The van der Waals surface area contributed by atoms with Gasteiger partial charge in [-0.15, -0.1) is 0 Å². The van der Waals surface area contributed by atoms with Crippen molar-refractivity contribution in [3.8, 4) is 0 Å². The molecule has 0 fully saturated rings. The molecule has 0 N–H and O–H groups in total. The predicted octanol–water partition coefficient (Wildman–Crippen LogP) is 4.61. The molecule has 0 aliphatic carbocycles. The van der Waals surface area contributed by atoms with Crippen LogP contribution in [0.5, 0.6) is 0 Å². The molecule has 2 aromatic rings. The number of halogens is 1. The van der Waals surface area contributed by atoms with Gasteiger partial charge in [0.25, 0.3) is 0 Å². The summed E-state index contributed by atoms with van der Waals surface area (Å²) in [6.45, 7) is 1.94. The highest BCUT2D eigenvalue weighted by molar-refractivity contribution is 7.99. The van der Waals surface area contributed by atoms with Crippen molar-refractivity contribution >= 4 is 29.6 Å². The summed E-state index contributed by atoms with van der Waals surface area (Å²) in [6, 6.07) is 13.5. The summed E-state index contributed by atoms with van der Waals surface area (Å²) in [5.74, 6) is 0.